The van der Waals surface area contributed by atoms with Crippen molar-refractivity contribution in [3.63, 3.8) is 0 Å². The molecule has 0 aromatic heterocycles. The molecule has 33 heavy (non-hydrogen) atoms. The Bertz CT molecular complexity index is 759. The van der Waals surface area contributed by atoms with Gasteiger partial charge in [-0.25, -0.2) is 5.90 Å². The summed E-state index contributed by atoms with van der Waals surface area (Å²) < 4.78 is 4.40. The molecule has 0 heterocycles. The average molecular weight is 536 g/mol. The maximum absolute atomic E-state index is 10.1. The summed E-state index contributed by atoms with van der Waals surface area (Å²) >= 11 is 11.2. The third-order valence-electron chi connectivity index (χ3n) is 2.43. The fourth-order valence-electron chi connectivity index (χ4n) is 1.36. The number of ether oxygens (including phenoxy) is 1. The molecule has 0 unspecified atom stereocenters. The Morgan fingerprint density at radius 3 is 1.55 bits per heavy atom. The fraction of sp³-hybridized carbons (Fsp3) is 0.200. The molecule has 0 aliphatic rings. The van der Waals surface area contributed by atoms with Crippen molar-refractivity contribution in [1.82, 2.24) is 0 Å². The topological polar surface area (TPSA) is 162 Å². The van der Waals surface area contributed by atoms with Crippen LogP contribution in [0.15, 0.2) is 53.7 Å². The monoisotopic (exact) mass is 534 g/mol. The number of hydrogen-bond acceptors (Lipinski definition) is 9. The van der Waals surface area contributed by atoms with E-state index < -0.39 is 5.97 Å². The molecule has 0 saturated carbocycles. The number of carboxylic acid groups (broad SMARTS) is 1. The number of aliphatic carboxylic acids is 1. The van der Waals surface area contributed by atoms with Crippen LogP contribution in [0.25, 0.3) is 0 Å². The van der Waals surface area contributed by atoms with Crippen LogP contribution in [0.2, 0.25) is 10.0 Å². The Hall–Kier alpha value is -1.69. The SMILES string of the molecule is CC(=O)[O-].CCOC(C)=O.Cl.NO.O/N=C/c1ccc(Cl)cc1.O=Cc1ccc(Cl)cc1.[Na+]. The summed E-state index contributed by atoms with van der Waals surface area (Å²) in [5.74, 6) is 2.21. The normalized spacial score (nSPS) is 7.97. The molecule has 0 amide bonds. The summed E-state index contributed by atoms with van der Waals surface area (Å²) in [4.78, 5) is 28.8. The van der Waals surface area contributed by atoms with Crippen molar-refractivity contribution >= 4 is 60.0 Å². The number of carbonyl (C=O) groups excluding carboxylic acids is 3. The predicted octanol–water partition coefficient (Wildman–Crippen LogP) is 0.386. The minimum absolute atomic E-state index is 0. The Morgan fingerprint density at radius 1 is 1.00 bits per heavy atom. The van der Waals surface area contributed by atoms with Gasteiger partial charge in [0.1, 0.15) is 6.29 Å². The number of oxime groups is 1. The van der Waals surface area contributed by atoms with Crippen molar-refractivity contribution in [2.45, 2.75) is 20.8 Å². The van der Waals surface area contributed by atoms with E-state index in [9.17, 15) is 9.59 Å². The molecular formula is C20H26Cl3N2NaO7. The summed E-state index contributed by atoms with van der Waals surface area (Å²) in [6.07, 6.45) is 2.13. The molecule has 0 saturated heterocycles. The van der Waals surface area contributed by atoms with Crippen LogP contribution in [0.5, 0.6) is 0 Å². The fourth-order valence-corrected chi connectivity index (χ4v) is 1.61. The Morgan fingerprint density at radius 2 is 1.33 bits per heavy atom. The predicted molar refractivity (Wildman–Crippen MR) is 124 cm³/mol. The van der Waals surface area contributed by atoms with Gasteiger partial charge in [0.05, 0.1) is 12.8 Å². The zero-order valence-electron chi connectivity index (χ0n) is 18.6. The molecule has 0 bridgehead atoms. The molecule has 13 heteroatoms. The zero-order valence-corrected chi connectivity index (χ0v) is 22.9. The summed E-state index contributed by atoms with van der Waals surface area (Å²) in [6, 6.07) is 13.7. The van der Waals surface area contributed by atoms with Crippen molar-refractivity contribution < 1.29 is 64.2 Å². The zero-order chi connectivity index (χ0) is 24.7. The van der Waals surface area contributed by atoms with Crippen molar-refractivity contribution in [3.8, 4) is 0 Å². The molecule has 0 spiro atoms. The second-order valence-electron chi connectivity index (χ2n) is 4.88. The summed E-state index contributed by atoms with van der Waals surface area (Å²) in [5, 5.41) is 27.7. The molecule has 180 valence electrons. The van der Waals surface area contributed by atoms with Gasteiger partial charge in [0.25, 0.3) is 0 Å². The van der Waals surface area contributed by atoms with Gasteiger partial charge < -0.3 is 25.1 Å². The molecule has 0 aliphatic heterocycles. The standard InChI is InChI=1S/C7H6ClNO.C7H5ClO.C4H8O2.C2H4O2.ClH.H3NO.Na/c8-7-3-1-6(2-4-7)5-9-10;8-7-3-1-6(5-9)2-4-7;1-3-6-4(2)5;1-2(3)4;;1-2;/h1-5,10H;1-5H;3H2,1-2H3;1H3,(H,3,4);1H;2H,1H2;/q;;;;;;+1/p-1/b9-5+;;;;;;. The minimum Gasteiger partial charge on any atom is -0.550 e. The third-order valence-corrected chi connectivity index (χ3v) is 2.93. The van der Waals surface area contributed by atoms with Gasteiger partial charge in [-0.05, 0) is 43.7 Å². The quantitative estimate of drug-likeness (QED) is 0.127. The average Bonchev–Trinajstić information content (AvgIpc) is 2.72. The van der Waals surface area contributed by atoms with E-state index in [2.05, 4.69) is 15.8 Å². The number of nitrogens with zero attached hydrogens (tertiary/aromatic N) is 1. The Labute approximate surface area is 231 Å². The van der Waals surface area contributed by atoms with E-state index in [1.54, 1.807) is 55.5 Å². The van der Waals surface area contributed by atoms with Gasteiger partial charge in [0, 0.05) is 28.5 Å². The van der Waals surface area contributed by atoms with E-state index in [0.717, 1.165) is 18.8 Å². The number of carboxylic acids is 1. The Kier molecular flexibility index (Phi) is 38.2. The largest absolute Gasteiger partial charge is 1.00 e. The maximum atomic E-state index is 10.1. The van der Waals surface area contributed by atoms with E-state index in [1.165, 1.54) is 13.1 Å². The van der Waals surface area contributed by atoms with Gasteiger partial charge in [-0.15, -0.1) is 12.4 Å². The third kappa shape index (κ3) is 35.1. The van der Waals surface area contributed by atoms with Gasteiger partial charge in [-0.1, -0.05) is 52.6 Å². The van der Waals surface area contributed by atoms with Gasteiger partial charge in [0.2, 0.25) is 0 Å². The van der Waals surface area contributed by atoms with E-state index in [-0.39, 0.29) is 47.9 Å². The first-order valence-corrected chi connectivity index (χ1v) is 9.12. The van der Waals surface area contributed by atoms with E-state index in [1.807, 2.05) is 0 Å². The van der Waals surface area contributed by atoms with Crippen LogP contribution in [0, 0.1) is 0 Å². The molecule has 0 aliphatic carbocycles. The van der Waals surface area contributed by atoms with Crippen molar-refractivity contribution in [3.05, 3.63) is 69.7 Å². The van der Waals surface area contributed by atoms with Crippen molar-refractivity contribution in [2.24, 2.45) is 11.1 Å². The van der Waals surface area contributed by atoms with E-state index in [0.29, 0.717) is 22.2 Å². The number of halogens is 3. The van der Waals surface area contributed by atoms with Crippen LogP contribution in [-0.2, 0) is 14.3 Å². The van der Waals surface area contributed by atoms with Crippen LogP contribution < -0.4 is 40.6 Å². The van der Waals surface area contributed by atoms with Crippen LogP contribution in [-0.4, -0.2) is 41.5 Å². The molecule has 9 nitrogen and oxygen atoms in total. The minimum atomic E-state index is -1.08. The number of carbonyl (C=O) groups is 3. The first-order valence-electron chi connectivity index (χ1n) is 8.36. The molecule has 0 radical (unpaired) electrons. The number of esters is 1. The van der Waals surface area contributed by atoms with E-state index in [4.69, 9.17) is 43.5 Å². The molecule has 2 aromatic rings. The molecule has 0 atom stereocenters. The molecule has 2 aromatic carbocycles. The second kappa shape index (κ2) is 30.3. The molecular weight excluding hydrogens is 510 g/mol. The molecule has 2 rings (SSSR count). The number of nitrogens with two attached hydrogens (primary N) is 1. The smallest absolute Gasteiger partial charge is 0.550 e. The van der Waals surface area contributed by atoms with Gasteiger partial charge in [-0.2, -0.15) is 0 Å². The summed E-state index contributed by atoms with van der Waals surface area (Å²) in [7, 11) is 0. The first-order chi connectivity index (χ1) is 14.7. The maximum Gasteiger partial charge on any atom is 1.00 e. The molecule has 0 fully saturated rings. The first kappa shape index (κ1) is 41.6. The number of hydrogen-bond donors (Lipinski definition) is 3. The number of aldehydes is 1. The Balaban J connectivity index is -0.000000106. The van der Waals surface area contributed by atoms with Crippen molar-refractivity contribution in [2.75, 3.05) is 6.61 Å². The number of benzene rings is 2. The second-order valence-corrected chi connectivity index (χ2v) is 5.75. The van der Waals surface area contributed by atoms with E-state index >= 15 is 0 Å². The van der Waals surface area contributed by atoms with Crippen LogP contribution in [0.3, 0.4) is 0 Å². The van der Waals surface area contributed by atoms with Crippen molar-refractivity contribution in [1.29, 1.82) is 0 Å². The number of rotatable bonds is 3. The van der Waals surface area contributed by atoms with Gasteiger partial charge >= 0.3 is 35.5 Å². The van der Waals surface area contributed by atoms with Gasteiger partial charge in [-0.3, -0.25) is 9.59 Å². The van der Waals surface area contributed by atoms with Crippen LogP contribution in [0.4, 0.5) is 0 Å². The van der Waals surface area contributed by atoms with Crippen LogP contribution in [0.1, 0.15) is 36.7 Å². The molecule has 4 N–H and O–H groups in total. The summed E-state index contributed by atoms with van der Waals surface area (Å²) in [6.45, 7) is 4.63. The van der Waals surface area contributed by atoms with Gasteiger partial charge in [0.15, 0.2) is 0 Å². The van der Waals surface area contributed by atoms with Crippen LogP contribution >= 0.6 is 35.6 Å². The summed E-state index contributed by atoms with van der Waals surface area (Å²) in [5.41, 5.74) is 1.48.